The van der Waals surface area contributed by atoms with Crippen molar-refractivity contribution in [1.29, 1.82) is 0 Å². The maximum absolute atomic E-state index is 15.0. The lowest BCUT2D eigenvalue weighted by Gasteiger charge is -2.23. The topological polar surface area (TPSA) is 155 Å². The van der Waals surface area contributed by atoms with E-state index < -0.39 is 17.8 Å². The molecule has 3 aliphatic rings. The zero-order chi connectivity index (χ0) is 32.6. The number of fused-ring (bicyclic) bond motifs is 17. The Kier molecular flexibility index (Phi) is 10.5. The van der Waals surface area contributed by atoms with Crippen LogP contribution < -0.4 is 25.4 Å². The molecule has 12 nitrogen and oxygen atoms in total. The van der Waals surface area contributed by atoms with Crippen molar-refractivity contribution in [2.45, 2.75) is 64.5 Å². The summed E-state index contributed by atoms with van der Waals surface area (Å²) in [5, 5.41) is 15.6. The van der Waals surface area contributed by atoms with Crippen LogP contribution in [0.3, 0.4) is 0 Å². The highest BCUT2D eigenvalue weighted by atomic mass is 19.1. The second-order valence-corrected chi connectivity index (χ2v) is 11.4. The Morgan fingerprint density at radius 2 is 1.85 bits per heavy atom. The highest BCUT2D eigenvalue weighted by Gasteiger charge is 2.27. The minimum absolute atomic E-state index is 0.0370. The van der Waals surface area contributed by atoms with Crippen LogP contribution in [0.25, 0.3) is 0 Å². The van der Waals surface area contributed by atoms with Gasteiger partial charge in [0.1, 0.15) is 6.04 Å². The average molecular weight is 635 g/mol. The molecule has 4 N–H and O–H groups in total. The molecule has 3 aromatic rings. The summed E-state index contributed by atoms with van der Waals surface area (Å²) in [5.74, 6) is -1.59. The van der Waals surface area contributed by atoms with Crippen LogP contribution in [-0.4, -0.2) is 71.5 Å². The monoisotopic (exact) mass is 634 g/mol. The molecule has 0 spiro atoms. The number of ether oxygens (including phenoxy) is 2. The van der Waals surface area contributed by atoms with Crippen LogP contribution in [0, 0.1) is 5.82 Å². The fourth-order valence-electron chi connectivity index (χ4n) is 5.65. The van der Waals surface area contributed by atoms with Gasteiger partial charge in [-0.1, -0.05) is 13.0 Å². The van der Waals surface area contributed by atoms with E-state index in [1.54, 1.807) is 30.0 Å². The van der Waals surface area contributed by atoms with E-state index >= 15 is 4.39 Å². The number of benzene rings is 2. The van der Waals surface area contributed by atoms with E-state index in [1.807, 2.05) is 0 Å². The number of carbonyl (C=O) groups is 4. The number of rotatable bonds is 3. The van der Waals surface area contributed by atoms with Crippen molar-refractivity contribution >= 4 is 23.6 Å². The summed E-state index contributed by atoms with van der Waals surface area (Å²) in [6.45, 7) is 2.72. The van der Waals surface area contributed by atoms with Gasteiger partial charge in [0.05, 0.1) is 7.11 Å². The van der Waals surface area contributed by atoms with Crippen molar-refractivity contribution < 1.29 is 33.0 Å². The molecule has 46 heavy (non-hydrogen) atoms. The number of aromatic amines is 1. The molecule has 244 valence electrons. The fraction of sp³-hybridized carbons (Fsp3) is 0.424. The first-order valence-corrected chi connectivity index (χ1v) is 15.6. The summed E-state index contributed by atoms with van der Waals surface area (Å²) < 4.78 is 26.2. The molecule has 13 heteroatoms. The second-order valence-electron chi connectivity index (χ2n) is 11.4. The van der Waals surface area contributed by atoms with Crippen molar-refractivity contribution in [1.82, 2.24) is 31.0 Å². The maximum atomic E-state index is 15.0. The van der Waals surface area contributed by atoms with Gasteiger partial charge in [-0.3, -0.25) is 24.3 Å². The Balaban J connectivity index is 1.36. The number of aromatic nitrogens is 2. The smallest absolute Gasteiger partial charge is 0.274 e. The molecule has 0 saturated heterocycles. The number of halogens is 1. The Bertz CT molecular complexity index is 1610. The zero-order valence-electron chi connectivity index (χ0n) is 26.0. The fourth-order valence-corrected chi connectivity index (χ4v) is 5.65. The minimum Gasteiger partial charge on any atom is -0.493 e. The first kappa shape index (κ1) is 32.5. The zero-order valence-corrected chi connectivity index (χ0v) is 26.0. The van der Waals surface area contributed by atoms with Crippen molar-refractivity contribution in [2.75, 3.05) is 26.7 Å². The molecule has 1 aliphatic carbocycles. The normalized spacial score (nSPS) is 18.2. The molecule has 2 aliphatic heterocycles. The molecule has 4 amide bonds. The molecule has 0 saturated carbocycles. The van der Waals surface area contributed by atoms with E-state index in [0.717, 1.165) is 30.5 Å². The number of nitrogens with zero attached hydrogens (tertiary/aromatic N) is 2. The van der Waals surface area contributed by atoms with Crippen LogP contribution in [-0.2, 0) is 29.0 Å². The molecule has 0 unspecified atom stereocenters. The third kappa shape index (κ3) is 7.64. The Morgan fingerprint density at radius 1 is 1.02 bits per heavy atom. The lowest BCUT2D eigenvalue weighted by molar-refractivity contribution is -0.129. The number of hydrogen-bond acceptors (Lipinski definition) is 7. The number of aryl methyl sites for hydroxylation is 1. The van der Waals surface area contributed by atoms with E-state index in [0.29, 0.717) is 49.4 Å². The third-order valence-corrected chi connectivity index (χ3v) is 8.19. The van der Waals surface area contributed by atoms with Gasteiger partial charge in [-0.05, 0) is 74.4 Å². The van der Waals surface area contributed by atoms with Crippen LogP contribution in [0.2, 0.25) is 0 Å². The molecular weight excluding hydrogens is 595 g/mol. The van der Waals surface area contributed by atoms with Crippen molar-refractivity contribution in [2.24, 2.45) is 0 Å². The Labute approximate surface area is 266 Å². The summed E-state index contributed by atoms with van der Waals surface area (Å²) >= 11 is 0. The SMILES string of the molecule is CC[C@@H]1NC(=O)CCCN(C(=O)c2n[nH]c3c2CCC3)CCCNC(=O)c2ccc(OC)c(c2)Oc2ccc(cc2F)CNC1=O. The van der Waals surface area contributed by atoms with E-state index in [9.17, 15) is 19.2 Å². The first-order chi connectivity index (χ1) is 22.3. The molecule has 1 aromatic heterocycles. The molecule has 0 fully saturated rings. The molecule has 1 atom stereocenters. The molecule has 6 rings (SSSR count). The van der Waals surface area contributed by atoms with Gasteiger partial charge in [0.15, 0.2) is 28.8 Å². The van der Waals surface area contributed by atoms with Gasteiger partial charge in [-0.25, -0.2) is 4.39 Å². The van der Waals surface area contributed by atoms with E-state index in [-0.39, 0.29) is 54.3 Å². The molecular formula is C33H39FN6O6. The van der Waals surface area contributed by atoms with Crippen molar-refractivity contribution in [3.8, 4) is 17.2 Å². The van der Waals surface area contributed by atoms with Gasteiger partial charge in [0.2, 0.25) is 11.8 Å². The van der Waals surface area contributed by atoms with E-state index in [2.05, 4.69) is 26.1 Å². The number of nitrogens with one attached hydrogen (secondary N) is 4. The maximum Gasteiger partial charge on any atom is 0.274 e. The highest BCUT2D eigenvalue weighted by molar-refractivity contribution is 5.95. The van der Waals surface area contributed by atoms with Gasteiger partial charge in [-0.15, -0.1) is 0 Å². The van der Waals surface area contributed by atoms with Gasteiger partial charge in [0.25, 0.3) is 11.8 Å². The molecule has 0 radical (unpaired) electrons. The van der Waals surface area contributed by atoms with Crippen LogP contribution in [0.15, 0.2) is 36.4 Å². The van der Waals surface area contributed by atoms with Gasteiger partial charge >= 0.3 is 0 Å². The third-order valence-electron chi connectivity index (χ3n) is 8.19. The van der Waals surface area contributed by atoms with Crippen LogP contribution in [0.5, 0.6) is 17.2 Å². The summed E-state index contributed by atoms with van der Waals surface area (Å²) in [6, 6.07) is 8.14. The van der Waals surface area contributed by atoms with Crippen molar-refractivity contribution in [3.63, 3.8) is 0 Å². The summed E-state index contributed by atoms with van der Waals surface area (Å²) in [6.07, 6.45) is 3.88. The number of methoxy groups -OCH3 is 1. The number of amides is 4. The second kappa shape index (κ2) is 14.9. The van der Waals surface area contributed by atoms with E-state index in [1.165, 1.54) is 25.3 Å². The molecule has 2 aromatic carbocycles. The van der Waals surface area contributed by atoms with Crippen LogP contribution in [0.1, 0.15) is 76.7 Å². The summed E-state index contributed by atoms with van der Waals surface area (Å²) in [4.78, 5) is 54.0. The van der Waals surface area contributed by atoms with Gasteiger partial charge < -0.3 is 30.3 Å². The quantitative estimate of drug-likeness (QED) is 0.344. The average Bonchev–Trinajstić information content (AvgIpc) is 3.68. The van der Waals surface area contributed by atoms with Crippen molar-refractivity contribution in [3.05, 3.63) is 70.3 Å². The predicted octanol–water partition coefficient (Wildman–Crippen LogP) is 3.41. The Hall–Kier alpha value is -4.94. The highest BCUT2D eigenvalue weighted by Crippen LogP contribution is 2.34. The number of H-pyrrole nitrogens is 1. The predicted molar refractivity (Wildman–Crippen MR) is 166 cm³/mol. The lowest BCUT2D eigenvalue weighted by Crippen LogP contribution is -2.46. The van der Waals surface area contributed by atoms with E-state index in [4.69, 9.17) is 9.47 Å². The molecule has 4 bridgehead atoms. The van der Waals surface area contributed by atoms with Gasteiger partial charge in [0, 0.05) is 49.4 Å². The number of carbonyl (C=O) groups excluding carboxylic acids is 4. The van der Waals surface area contributed by atoms with Crippen LogP contribution in [0.4, 0.5) is 4.39 Å². The number of hydrogen-bond donors (Lipinski definition) is 4. The molecule has 3 heterocycles. The van der Waals surface area contributed by atoms with Gasteiger partial charge in [-0.2, -0.15) is 5.10 Å². The Morgan fingerprint density at radius 3 is 2.63 bits per heavy atom. The summed E-state index contributed by atoms with van der Waals surface area (Å²) in [5.41, 5.74) is 3.10. The standard InChI is InChI=1S/C33H39FN6O6/c1-3-24-32(43)36-19-20-10-12-26(23(34)17-20)46-28-18-21(11-13-27(28)45-2)31(42)35-14-6-16-40(15-5-9-29(41)37-24)33(44)30-22-7-4-8-25(22)38-39-30/h10-13,17-18,24H,3-9,14-16,19H2,1-2H3,(H,35,42)(H,36,43)(H,37,41)(H,38,39)/t24-/m0/s1. The largest absolute Gasteiger partial charge is 0.493 e. The lowest BCUT2D eigenvalue weighted by atomic mass is 10.1. The van der Waals surface area contributed by atoms with Crippen LogP contribution >= 0.6 is 0 Å². The summed E-state index contributed by atoms with van der Waals surface area (Å²) in [7, 11) is 1.44. The first-order valence-electron chi connectivity index (χ1n) is 15.6. The minimum atomic E-state index is -0.769.